The van der Waals surface area contributed by atoms with Crippen molar-refractivity contribution in [3.8, 4) is 0 Å². The van der Waals surface area contributed by atoms with Crippen molar-refractivity contribution in [1.82, 2.24) is 4.98 Å². The zero-order valence-corrected chi connectivity index (χ0v) is 17.1. The van der Waals surface area contributed by atoms with Crippen LogP contribution in [-0.2, 0) is 14.9 Å². The summed E-state index contributed by atoms with van der Waals surface area (Å²) in [4.78, 5) is 30.0. The van der Waals surface area contributed by atoms with Crippen LogP contribution in [0, 0.1) is 0 Å². The van der Waals surface area contributed by atoms with Crippen molar-refractivity contribution in [2.24, 2.45) is 0 Å². The van der Waals surface area contributed by atoms with Crippen molar-refractivity contribution in [3.63, 3.8) is 0 Å². The first kappa shape index (κ1) is 19.6. The maximum atomic E-state index is 12.5. The van der Waals surface area contributed by atoms with Crippen LogP contribution in [0.5, 0.6) is 0 Å². The van der Waals surface area contributed by atoms with Gasteiger partial charge in [0.15, 0.2) is 0 Å². The normalized spacial score (nSPS) is 16.3. The van der Waals surface area contributed by atoms with Crippen molar-refractivity contribution in [3.05, 3.63) is 58.9 Å². The number of aromatic nitrogens is 1. The fourth-order valence-electron chi connectivity index (χ4n) is 3.46. The molecule has 0 spiro atoms. The second kappa shape index (κ2) is 7.85. The lowest BCUT2D eigenvalue weighted by atomic mass is 9.79. The number of carbonyl (C=O) groups excluding carboxylic acids is 2. The summed E-state index contributed by atoms with van der Waals surface area (Å²) in [6.45, 7) is 8.18. The van der Waals surface area contributed by atoms with Crippen molar-refractivity contribution in [2.75, 3.05) is 12.4 Å². The molecule has 5 heteroatoms. The van der Waals surface area contributed by atoms with Gasteiger partial charge in [0, 0.05) is 11.1 Å². The molecular weight excluding hydrogens is 358 g/mol. The third-order valence-electron chi connectivity index (χ3n) is 5.05. The number of esters is 1. The summed E-state index contributed by atoms with van der Waals surface area (Å²) in [6, 6.07) is 9.74. The zero-order valence-electron chi connectivity index (χ0n) is 16.2. The zero-order chi connectivity index (χ0) is 19.6. The van der Waals surface area contributed by atoms with Gasteiger partial charge in [0.2, 0.25) is 0 Å². The summed E-state index contributed by atoms with van der Waals surface area (Å²) in [5.74, 6) is 0.317. The summed E-state index contributed by atoms with van der Waals surface area (Å²) in [6.07, 6.45) is 2.60. The minimum absolute atomic E-state index is 0.0348. The molecule has 0 saturated heterocycles. The van der Waals surface area contributed by atoms with E-state index in [-0.39, 0.29) is 11.2 Å². The summed E-state index contributed by atoms with van der Waals surface area (Å²) < 4.78 is 5.00. The summed E-state index contributed by atoms with van der Waals surface area (Å²) in [5.41, 5.74) is 3.39. The quantitative estimate of drug-likeness (QED) is 0.697. The highest BCUT2D eigenvalue weighted by Gasteiger charge is 2.30. The molecule has 0 radical (unpaired) electrons. The molecular formula is C22H25NO3S. The van der Waals surface area contributed by atoms with Crippen LogP contribution in [0.15, 0.2) is 41.4 Å². The standard InChI is InChI=1S/C22H25NO3S/c1-5-26-21(25)16-6-8-18(23-13-16)20(14(2)24)15-7-9-19-17(12-15)22(3,4)10-11-27-19/h6-9,12-13,20H,5,10-11H2,1-4H3. The fourth-order valence-corrected chi connectivity index (χ4v) is 4.94. The van der Waals surface area contributed by atoms with Gasteiger partial charge >= 0.3 is 5.97 Å². The minimum atomic E-state index is -0.436. The van der Waals surface area contributed by atoms with E-state index in [0.29, 0.717) is 17.9 Å². The number of ketones is 1. The maximum absolute atomic E-state index is 12.5. The van der Waals surface area contributed by atoms with Gasteiger partial charge in [-0.25, -0.2) is 4.79 Å². The molecule has 1 atom stereocenters. The number of nitrogens with zero attached hydrogens (tertiary/aromatic N) is 1. The number of pyridine rings is 1. The summed E-state index contributed by atoms with van der Waals surface area (Å²) in [5, 5.41) is 0. The Balaban J connectivity index is 1.97. The lowest BCUT2D eigenvalue weighted by Gasteiger charge is -2.33. The third kappa shape index (κ3) is 4.08. The van der Waals surface area contributed by atoms with Crippen LogP contribution in [0.3, 0.4) is 0 Å². The topological polar surface area (TPSA) is 56.3 Å². The van der Waals surface area contributed by atoms with E-state index in [9.17, 15) is 9.59 Å². The van der Waals surface area contributed by atoms with E-state index in [1.165, 1.54) is 16.7 Å². The molecule has 0 fully saturated rings. The number of hydrogen-bond donors (Lipinski definition) is 0. The first-order valence-electron chi connectivity index (χ1n) is 9.24. The van der Waals surface area contributed by atoms with Gasteiger partial charge in [-0.2, -0.15) is 0 Å². The van der Waals surface area contributed by atoms with Crippen LogP contribution in [0.2, 0.25) is 0 Å². The van der Waals surface area contributed by atoms with E-state index >= 15 is 0 Å². The highest BCUT2D eigenvalue weighted by atomic mass is 32.2. The fraction of sp³-hybridized carbons (Fsp3) is 0.409. The molecule has 0 saturated carbocycles. The highest BCUT2D eigenvalue weighted by Crippen LogP contribution is 2.43. The molecule has 1 aromatic carbocycles. The molecule has 142 valence electrons. The second-order valence-electron chi connectivity index (χ2n) is 7.47. The molecule has 0 bridgehead atoms. The van der Waals surface area contributed by atoms with Gasteiger partial charge in [0.25, 0.3) is 0 Å². The number of hydrogen-bond acceptors (Lipinski definition) is 5. The van der Waals surface area contributed by atoms with E-state index in [0.717, 1.165) is 17.7 Å². The Morgan fingerprint density at radius 2 is 2.04 bits per heavy atom. The smallest absolute Gasteiger partial charge is 0.339 e. The first-order chi connectivity index (χ1) is 12.8. The highest BCUT2D eigenvalue weighted by molar-refractivity contribution is 7.99. The number of rotatable bonds is 5. The Kier molecular flexibility index (Phi) is 5.70. The summed E-state index contributed by atoms with van der Waals surface area (Å²) >= 11 is 1.87. The first-order valence-corrected chi connectivity index (χ1v) is 10.2. The van der Waals surface area contributed by atoms with Gasteiger partial charge in [0.1, 0.15) is 5.78 Å². The second-order valence-corrected chi connectivity index (χ2v) is 8.61. The van der Waals surface area contributed by atoms with Crippen LogP contribution >= 0.6 is 11.8 Å². The number of carbonyl (C=O) groups is 2. The van der Waals surface area contributed by atoms with Crippen molar-refractivity contribution in [1.29, 1.82) is 0 Å². The minimum Gasteiger partial charge on any atom is -0.462 e. The Hall–Kier alpha value is -2.14. The van der Waals surface area contributed by atoms with Crippen molar-refractivity contribution >= 4 is 23.5 Å². The van der Waals surface area contributed by atoms with E-state index in [4.69, 9.17) is 4.74 Å². The molecule has 2 heterocycles. The SMILES string of the molecule is CCOC(=O)c1ccc(C(C(C)=O)c2ccc3c(c2)C(C)(C)CCS3)nc1. The van der Waals surface area contributed by atoms with Crippen LogP contribution in [0.1, 0.15) is 67.2 Å². The molecule has 27 heavy (non-hydrogen) atoms. The largest absolute Gasteiger partial charge is 0.462 e. The maximum Gasteiger partial charge on any atom is 0.339 e. The van der Waals surface area contributed by atoms with E-state index in [1.807, 2.05) is 17.8 Å². The molecule has 0 amide bonds. The van der Waals surface area contributed by atoms with Gasteiger partial charge in [0.05, 0.1) is 23.8 Å². The number of Topliss-reactive ketones (excluding diaryl/α,β-unsaturated/α-hetero) is 1. The Labute approximate surface area is 164 Å². The number of ether oxygens (including phenoxy) is 1. The van der Waals surface area contributed by atoms with Crippen LogP contribution in [0.25, 0.3) is 0 Å². The molecule has 3 rings (SSSR count). The van der Waals surface area contributed by atoms with Crippen LogP contribution in [0.4, 0.5) is 0 Å². The molecule has 1 aliphatic rings. The molecule has 1 aliphatic heterocycles. The number of benzene rings is 1. The average molecular weight is 384 g/mol. The van der Waals surface area contributed by atoms with Gasteiger partial charge in [-0.15, -0.1) is 11.8 Å². The van der Waals surface area contributed by atoms with Crippen LogP contribution < -0.4 is 0 Å². The molecule has 0 aliphatic carbocycles. The van der Waals surface area contributed by atoms with E-state index < -0.39 is 11.9 Å². The molecule has 4 nitrogen and oxygen atoms in total. The molecule has 0 N–H and O–H groups in total. The number of thioether (sulfide) groups is 1. The van der Waals surface area contributed by atoms with Gasteiger partial charge < -0.3 is 4.74 Å². The van der Waals surface area contributed by atoms with Gasteiger partial charge in [-0.05, 0) is 60.8 Å². The van der Waals surface area contributed by atoms with Crippen LogP contribution in [-0.4, -0.2) is 29.1 Å². The third-order valence-corrected chi connectivity index (χ3v) is 6.13. The Morgan fingerprint density at radius 1 is 1.26 bits per heavy atom. The van der Waals surface area contributed by atoms with Crippen molar-refractivity contribution in [2.45, 2.75) is 50.3 Å². The lowest BCUT2D eigenvalue weighted by molar-refractivity contribution is -0.117. The average Bonchev–Trinajstić information content (AvgIpc) is 2.62. The van der Waals surface area contributed by atoms with Crippen molar-refractivity contribution < 1.29 is 14.3 Å². The van der Waals surface area contributed by atoms with E-state index in [1.54, 1.807) is 26.0 Å². The predicted molar refractivity (Wildman–Crippen MR) is 108 cm³/mol. The van der Waals surface area contributed by atoms with E-state index in [2.05, 4.69) is 31.0 Å². The number of fused-ring (bicyclic) bond motifs is 1. The Bertz CT molecular complexity index is 858. The monoisotopic (exact) mass is 383 g/mol. The predicted octanol–water partition coefficient (Wildman–Crippen LogP) is 4.75. The lowest BCUT2D eigenvalue weighted by Crippen LogP contribution is -2.23. The molecule has 1 unspecified atom stereocenters. The molecule has 1 aromatic heterocycles. The summed E-state index contributed by atoms with van der Waals surface area (Å²) in [7, 11) is 0. The Morgan fingerprint density at radius 3 is 2.67 bits per heavy atom. The van der Waals surface area contributed by atoms with Gasteiger partial charge in [-0.1, -0.05) is 26.0 Å². The molecule has 2 aromatic rings. The van der Waals surface area contributed by atoms with Gasteiger partial charge in [-0.3, -0.25) is 9.78 Å².